The Morgan fingerprint density at radius 2 is 1.76 bits per heavy atom. The van der Waals surface area contributed by atoms with Gasteiger partial charge in [-0.2, -0.15) is 0 Å². The molecule has 3 amide bonds. The van der Waals surface area contributed by atoms with Gasteiger partial charge in [-0.1, -0.05) is 30.3 Å². The normalized spacial score (nSPS) is 19.2. The van der Waals surface area contributed by atoms with E-state index in [0.29, 0.717) is 28.3 Å². The number of nitrogens with zero attached hydrogens (tertiary/aromatic N) is 2. The van der Waals surface area contributed by atoms with Crippen molar-refractivity contribution < 1.29 is 23.9 Å². The van der Waals surface area contributed by atoms with Gasteiger partial charge < -0.3 is 19.4 Å². The largest absolute Gasteiger partial charge is 0.454 e. The second kappa shape index (κ2) is 7.51. The lowest BCUT2D eigenvalue weighted by Crippen LogP contribution is -2.41. The summed E-state index contributed by atoms with van der Waals surface area (Å²) in [5.74, 6) is 0.567. The van der Waals surface area contributed by atoms with Crippen LogP contribution >= 0.6 is 0 Å². The number of urea groups is 1. The summed E-state index contributed by atoms with van der Waals surface area (Å²) in [4.78, 5) is 40.0. The van der Waals surface area contributed by atoms with Gasteiger partial charge in [-0.3, -0.25) is 14.5 Å². The summed E-state index contributed by atoms with van der Waals surface area (Å²) in [6, 6.07) is 15.8. The lowest BCUT2D eigenvalue weighted by Gasteiger charge is -2.22. The second-order valence-corrected chi connectivity index (χ2v) is 8.39. The number of hydrogen-bond donors (Lipinski definition) is 1. The highest BCUT2D eigenvalue weighted by Gasteiger charge is 2.49. The summed E-state index contributed by atoms with van der Waals surface area (Å²) in [6.07, 6.45) is 0. The summed E-state index contributed by atoms with van der Waals surface area (Å²) < 4.78 is 12.8. The van der Waals surface area contributed by atoms with E-state index >= 15 is 0 Å². The van der Waals surface area contributed by atoms with Crippen LogP contribution in [0.4, 0.5) is 4.79 Å². The molecule has 8 heteroatoms. The molecule has 0 spiro atoms. The van der Waals surface area contributed by atoms with Crippen molar-refractivity contribution in [2.75, 3.05) is 13.3 Å². The Bertz CT molecular complexity index is 1300. The molecular weight excluding hydrogens is 422 g/mol. The van der Waals surface area contributed by atoms with Gasteiger partial charge in [0.25, 0.3) is 5.91 Å². The van der Waals surface area contributed by atoms with Crippen LogP contribution in [0, 0.1) is 13.8 Å². The minimum atomic E-state index is -1.21. The van der Waals surface area contributed by atoms with Crippen LogP contribution in [0.15, 0.2) is 54.6 Å². The van der Waals surface area contributed by atoms with E-state index in [1.165, 1.54) is 0 Å². The third-order valence-corrected chi connectivity index (χ3v) is 6.27. The molecule has 0 bridgehead atoms. The van der Waals surface area contributed by atoms with Crippen LogP contribution in [0.25, 0.3) is 5.69 Å². The average molecular weight is 445 g/mol. The summed E-state index contributed by atoms with van der Waals surface area (Å²) in [5, 5.41) is 2.74. The Labute approximate surface area is 190 Å². The van der Waals surface area contributed by atoms with Gasteiger partial charge in [-0.15, -0.1) is 0 Å². The molecule has 3 heterocycles. The Morgan fingerprint density at radius 1 is 1.03 bits per heavy atom. The smallest absolute Gasteiger partial charge is 0.325 e. The van der Waals surface area contributed by atoms with E-state index in [1.54, 1.807) is 37.3 Å². The third kappa shape index (κ3) is 3.26. The van der Waals surface area contributed by atoms with Gasteiger partial charge in [-0.25, -0.2) is 4.79 Å². The molecule has 5 rings (SSSR count). The Balaban J connectivity index is 1.41. The standard InChI is InChI=1S/C25H23N3O5/c1-15-11-19(16(2)28(15)18-9-10-21-22(12-18)33-14-32-21)20(29)13-27-23(30)25(3,26-24(27)31)17-7-5-4-6-8-17/h4-12H,13-14H2,1-3H3,(H,26,31)/t25-/m1/s1. The first-order valence-corrected chi connectivity index (χ1v) is 10.6. The van der Waals surface area contributed by atoms with Crippen molar-refractivity contribution in [3.8, 4) is 17.2 Å². The maximum Gasteiger partial charge on any atom is 0.325 e. The van der Waals surface area contributed by atoms with E-state index in [0.717, 1.165) is 16.3 Å². The van der Waals surface area contributed by atoms with Crippen molar-refractivity contribution in [3.63, 3.8) is 0 Å². The molecule has 1 atom stereocenters. The van der Waals surface area contributed by atoms with E-state index in [-0.39, 0.29) is 19.1 Å². The topological polar surface area (TPSA) is 89.9 Å². The molecule has 1 saturated heterocycles. The van der Waals surface area contributed by atoms with Crippen LogP contribution in [0.2, 0.25) is 0 Å². The molecule has 2 aliphatic rings. The lowest BCUT2D eigenvalue weighted by atomic mass is 9.92. The van der Waals surface area contributed by atoms with Crippen molar-refractivity contribution in [2.24, 2.45) is 0 Å². The number of carbonyl (C=O) groups is 3. The van der Waals surface area contributed by atoms with Gasteiger partial charge >= 0.3 is 6.03 Å². The average Bonchev–Trinajstić information content (AvgIpc) is 3.45. The summed E-state index contributed by atoms with van der Waals surface area (Å²) in [6.45, 7) is 5.23. The molecule has 8 nitrogen and oxygen atoms in total. The maximum absolute atomic E-state index is 13.2. The van der Waals surface area contributed by atoms with Crippen LogP contribution in [-0.4, -0.2) is 40.5 Å². The third-order valence-electron chi connectivity index (χ3n) is 6.27. The zero-order valence-electron chi connectivity index (χ0n) is 18.5. The molecule has 0 aliphatic carbocycles. The Hall–Kier alpha value is -4.07. The molecule has 0 radical (unpaired) electrons. The quantitative estimate of drug-likeness (QED) is 0.480. The SMILES string of the molecule is Cc1cc(C(=O)CN2C(=O)N[C@](C)(c3ccccc3)C2=O)c(C)n1-c1ccc2c(c1)OCO2. The Morgan fingerprint density at radius 3 is 2.52 bits per heavy atom. The van der Waals surface area contributed by atoms with Gasteiger partial charge in [0.05, 0.1) is 6.54 Å². The number of ether oxygens (including phenoxy) is 2. The number of imide groups is 1. The van der Waals surface area contributed by atoms with E-state index in [9.17, 15) is 14.4 Å². The van der Waals surface area contributed by atoms with Crippen LogP contribution in [0.1, 0.15) is 34.2 Å². The van der Waals surface area contributed by atoms with Crippen molar-refractivity contribution in [1.82, 2.24) is 14.8 Å². The Kier molecular flexibility index (Phi) is 4.74. The predicted octanol–water partition coefficient (Wildman–Crippen LogP) is 3.47. The molecule has 0 saturated carbocycles. The summed E-state index contributed by atoms with van der Waals surface area (Å²) in [5.41, 5.74) is 2.32. The zero-order valence-corrected chi connectivity index (χ0v) is 18.5. The number of ketones is 1. The highest BCUT2D eigenvalue weighted by molar-refractivity contribution is 6.11. The highest BCUT2D eigenvalue weighted by Crippen LogP contribution is 2.35. The predicted molar refractivity (Wildman–Crippen MR) is 120 cm³/mol. The molecule has 168 valence electrons. The van der Waals surface area contributed by atoms with E-state index < -0.39 is 17.5 Å². The van der Waals surface area contributed by atoms with E-state index in [2.05, 4.69) is 5.32 Å². The fraction of sp³-hybridized carbons (Fsp3) is 0.240. The second-order valence-electron chi connectivity index (χ2n) is 8.39. The molecule has 1 fully saturated rings. The van der Waals surface area contributed by atoms with Gasteiger partial charge in [0.2, 0.25) is 6.79 Å². The number of fused-ring (bicyclic) bond motifs is 1. The first kappa shape index (κ1) is 20.8. The minimum Gasteiger partial charge on any atom is -0.454 e. The molecule has 2 aromatic carbocycles. The lowest BCUT2D eigenvalue weighted by molar-refractivity contribution is -0.130. The monoisotopic (exact) mass is 445 g/mol. The molecular formula is C25H23N3O5. The number of carbonyl (C=O) groups excluding carboxylic acids is 3. The van der Waals surface area contributed by atoms with Gasteiger partial charge in [0, 0.05) is 28.7 Å². The van der Waals surface area contributed by atoms with Gasteiger partial charge in [0.15, 0.2) is 17.3 Å². The molecule has 2 aliphatic heterocycles. The minimum absolute atomic E-state index is 0.181. The maximum atomic E-state index is 13.2. The molecule has 33 heavy (non-hydrogen) atoms. The van der Waals surface area contributed by atoms with Crippen molar-refractivity contribution in [1.29, 1.82) is 0 Å². The highest BCUT2D eigenvalue weighted by atomic mass is 16.7. The first-order chi connectivity index (χ1) is 15.8. The number of Topliss-reactive ketones (excluding diaryl/α,β-unsaturated/α-hetero) is 1. The van der Waals surface area contributed by atoms with E-state index in [4.69, 9.17) is 9.47 Å². The van der Waals surface area contributed by atoms with E-state index in [1.807, 2.05) is 42.7 Å². The van der Waals surface area contributed by atoms with Crippen molar-refractivity contribution in [2.45, 2.75) is 26.3 Å². The van der Waals surface area contributed by atoms with Crippen molar-refractivity contribution in [3.05, 3.63) is 77.1 Å². The number of benzene rings is 2. The zero-order chi connectivity index (χ0) is 23.3. The number of nitrogens with one attached hydrogen (secondary N) is 1. The number of aromatic nitrogens is 1. The molecule has 1 N–H and O–H groups in total. The first-order valence-electron chi connectivity index (χ1n) is 10.6. The number of aryl methyl sites for hydroxylation is 1. The number of hydrogen-bond acceptors (Lipinski definition) is 5. The van der Waals surface area contributed by atoms with Crippen LogP contribution in [-0.2, 0) is 10.3 Å². The van der Waals surface area contributed by atoms with Crippen LogP contribution < -0.4 is 14.8 Å². The molecule has 3 aromatic rings. The fourth-order valence-corrected chi connectivity index (χ4v) is 4.50. The van der Waals surface area contributed by atoms with Crippen LogP contribution in [0.3, 0.4) is 0 Å². The summed E-state index contributed by atoms with van der Waals surface area (Å²) in [7, 11) is 0. The van der Waals surface area contributed by atoms with Gasteiger partial charge in [0.1, 0.15) is 5.54 Å². The molecule has 0 unspecified atom stereocenters. The van der Waals surface area contributed by atoms with Gasteiger partial charge in [-0.05, 0) is 44.5 Å². The number of amides is 3. The summed E-state index contributed by atoms with van der Waals surface area (Å²) >= 11 is 0. The number of rotatable bonds is 5. The molecule has 1 aromatic heterocycles. The fourth-order valence-electron chi connectivity index (χ4n) is 4.50. The van der Waals surface area contributed by atoms with Crippen molar-refractivity contribution >= 4 is 17.7 Å². The van der Waals surface area contributed by atoms with Crippen LogP contribution in [0.5, 0.6) is 11.5 Å².